The van der Waals surface area contributed by atoms with Crippen molar-refractivity contribution < 1.29 is 4.74 Å². The van der Waals surface area contributed by atoms with E-state index in [0.717, 1.165) is 37.8 Å². The molecule has 0 amide bonds. The quantitative estimate of drug-likeness (QED) is 0.754. The van der Waals surface area contributed by atoms with Gasteiger partial charge in [-0.2, -0.15) is 0 Å². The molecule has 2 heteroatoms. The first-order valence-corrected chi connectivity index (χ1v) is 5.90. The first kappa shape index (κ1) is 9.22. The SMILES string of the molecule is c1cc2c(cc1C1CCNCC1)CCO2. The summed E-state index contributed by atoms with van der Waals surface area (Å²) in [5.41, 5.74) is 2.92. The summed E-state index contributed by atoms with van der Waals surface area (Å²) < 4.78 is 5.53. The number of piperidine rings is 1. The average molecular weight is 203 g/mol. The number of rotatable bonds is 1. The maximum Gasteiger partial charge on any atom is 0.122 e. The van der Waals surface area contributed by atoms with Crippen molar-refractivity contribution in [2.75, 3.05) is 19.7 Å². The van der Waals surface area contributed by atoms with Crippen LogP contribution in [-0.2, 0) is 6.42 Å². The molecule has 1 N–H and O–H groups in total. The molecule has 80 valence electrons. The molecule has 1 fully saturated rings. The molecule has 0 radical (unpaired) electrons. The first-order chi connectivity index (χ1) is 7.43. The average Bonchev–Trinajstić information content (AvgIpc) is 2.77. The summed E-state index contributed by atoms with van der Waals surface area (Å²) in [6.07, 6.45) is 3.65. The highest BCUT2D eigenvalue weighted by molar-refractivity contribution is 5.41. The van der Waals surface area contributed by atoms with Crippen LogP contribution in [0.4, 0.5) is 0 Å². The maximum absolute atomic E-state index is 5.53. The molecule has 3 rings (SSSR count). The summed E-state index contributed by atoms with van der Waals surface area (Å²) in [5.74, 6) is 1.87. The standard InChI is InChI=1S/C13H17NO/c1-2-13-12(5-8-15-13)9-11(1)10-3-6-14-7-4-10/h1-2,9-10,14H,3-8H2. The number of fused-ring (bicyclic) bond motifs is 1. The van der Waals surface area contributed by atoms with E-state index in [0.29, 0.717) is 0 Å². The van der Waals surface area contributed by atoms with E-state index < -0.39 is 0 Å². The minimum Gasteiger partial charge on any atom is -0.493 e. The van der Waals surface area contributed by atoms with Gasteiger partial charge in [0.05, 0.1) is 6.61 Å². The Bertz CT molecular complexity index is 356. The van der Waals surface area contributed by atoms with E-state index in [1.165, 1.54) is 24.0 Å². The number of nitrogens with one attached hydrogen (secondary N) is 1. The molecular formula is C13H17NO. The summed E-state index contributed by atoms with van der Waals surface area (Å²) in [7, 11) is 0. The fourth-order valence-electron chi connectivity index (χ4n) is 2.62. The summed E-state index contributed by atoms with van der Waals surface area (Å²) in [6.45, 7) is 3.20. The van der Waals surface area contributed by atoms with Gasteiger partial charge in [0.25, 0.3) is 0 Å². The van der Waals surface area contributed by atoms with Crippen molar-refractivity contribution in [3.63, 3.8) is 0 Å². The number of hydrogen-bond acceptors (Lipinski definition) is 2. The van der Waals surface area contributed by atoms with E-state index in [-0.39, 0.29) is 0 Å². The molecule has 2 aliphatic rings. The Labute approximate surface area is 90.6 Å². The third kappa shape index (κ3) is 1.74. The third-order valence-electron chi connectivity index (χ3n) is 3.52. The monoisotopic (exact) mass is 203 g/mol. The molecule has 2 nitrogen and oxygen atoms in total. The molecule has 2 heterocycles. The maximum atomic E-state index is 5.53. The Morgan fingerprint density at radius 1 is 1.20 bits per heavy atom. The number of ether oxygens (including phenoxy) is 1. The molecule has 0 aliphatic carbocycles. The van der Waals surface area contributed by atoms with Crippen LogP contribution >= 0.6 is 0 Å². The van der Waals surface area contributed by atoms with Gasteiger partial charge in [0.2, 0.25) is 0 Å². The van der Waals surface area contributed by atoms with Gasteiger partial charge in [-0.25, -0.2) is 0 Å². The Morgan fingerprint density at radius 2 is 2.07 bits per heavy atom. The topological polar surface area (TPSA) is 21.3 Å². The molecule has 0 aromatic heterocycles. The minimum absolute atomic E-state index is 0.761. The second kappa shape index (κ2) is 3.86. The van der Waals surface area contributed by atoms with E-state index in [2.05, 4.69) is 23.5 Å². The third-order valence-corrected chi connectivity index (χ3v) is 3.52. The molecule has 1 aromatic rings. The lowest BCUT2D eigenvalue weighted by atomic mass is 9.89. The second-order valence-corrected chi connectivity index (χ2v) is 4.49. The van der Waals surface area contributed by atoms with Crippen molar-refractivity contribution in [3.8, 4) is 5.75 Å². The fraction of sp³-hybridized carbons (Fsp3) is 0.538. The van der Waals surface area contributed by atoms with Crippen molar-refractivity contribution >= 4 is 0 Å². The predicted molar refractivity (Wildman–Crippen MR) is 60.5 cm³/mol. The van der Waals surface area contributed by atoms with Gasteiger partial charge < -0.3 is 10.1 Å². The molecule has 0 spiro atoms. The predicted octanol–water partition coefficient (Wildman–Crippen LogP) is 2.09. The van der Waals surface area contributed by atoms with Crippen molar-refractivity contribution in [2.24, 2.45) is 0 Å². The van der Waals surface area contributed by atoms with Crippen LogP contribution in [0.25, 0.3) is 0 Å². The Balaban J connectivity index is 1.85. The van der Waals surface area contributed by atoms with Crippen LogP contribution in [-0.4, -0.2) is 19.7 Å². The summed E-state index contributed by atoms with van der Waals surface area (Å²) in [5, 5.41) is 3.41. The van der Waals surface area contributed by atoms with Crippen molar-refractivity contribution in [3.05, 3.63) is 29.3 Å². The van der Waals surface area contributed by atoms with E-state index >= 15 is 0 Å². The zero-order valence-corrected chi connectivity index (χ0v) is 8.96. The lowest BCUT2D eigenvalue weighted by Crippen LogP contribution is -2.26. The van der Waals surface area contributed by atoms with Gasteiger partial charge >= 0.3 is 0 Å². The van der Waals surface area contributed by atoms with Gasteiger partial charge in [0.1, 0.15) is 5.75 Å². The van der Waals surface area contributed by atoms with Gasteiger partial charge in [0.15, 0.2) is 0 Å². The van der Waals surface area contributed by atoms with Crippen LogP contribution < -0.4 is 10.1 Å². The highest BCUT2D eigenvalue weighted by Gasteiger charge is 2.18. The first-order valence-electron chi connectivity index (χ1n) is 5.90. The largest absolute Gasteiger partial charge is 0.493 e. The van der Waals surface area contributed by atoms with Crippen LogP contribution in [0.5, 0.6) is 5.75 Å². The molecular weight excluding hydrogens is 186 g/mol. The highest BCUT2D eigenvalue weighted by Crippen LogP contribution is 2.31. The summed E-state index contributed by atoms with van der Waals surface area (Å²) >= 11 is 0. The van der Waals surface area contributed by atoms with Crippen LogP contribution in [0, 0.1) is 0 Å². The zero-order valence-electron chi connectivity index (χ0n) is 8.96. The second-order valence-electron chi connectivity index (χ2n) is 4.49. The van der Waals surface area contributed by atoms with Gasteiger partial charge in [-0.15, -0.1) is 0 Å². The van der Waals surface area contributed by atoms with Crippen molar-refractivity contribution in [1.29, 1.82) is 0 Å². The smallest absolute Gasteiger partial charge is 0.122 e. The van der Waals surface area contributed by atoms with Crippen molar-refractivity contribution in [1.82, 2.24) is 5.32 Å². The molecule has 1 saturated heterocycles. The van der Waals surface area contributed by atoms with E-state index in [4.69, 9.17) is 4.74 Å². The molecule has 15 heavy (non-hydrogen) atoms. The summed E-state index contributed by atoms with van der Waals surface area (Å²) in [6, 6.07) is 6.76. The molecule has 0 saturated carbocycles. The molecule has 1 aromatic carbocycles. The van der Waals surface area contributed by atoms with Crippen LogP contribution in [0.2, 0.25) is 0 Å². The zero-order chi connectivity index (χ0) is 10.1. The normalized spacial score (nSPS) is 21.1. The fourth-order valence-corrected chi connectivity index (χ4v) is 2.62. The van der Waals surface area contributed by atoms with Crippen molar-refractivity contribution in [2.45, 2.75) is 25.2 Å². The summed E-state index contributed by atoms with van der Waals surface area (Å²) in [4.78, 5) is 0. The highest BCUT2D eigenvalue weighted by atomic mass is 16.5. The Morgan fingerprint density at radius 3 is 2.93 bits per heavy atom. The minimum atomic E-state index is 0.761. The lowest BCUT2D eigenvalue weighted by Gasteiger charge is -2.23. The molecule has 0 atom stereocenters. The van der Waals surface area contributed by atoms with Gasteiger partial charge in [-0.3, -0.25) is 0 Å². The van der Waals surface area contributed by atoms with E-state index in [1.807, 2.05) is 0 Å². The molecule has 0 bridgehead atoms. The van der Waals surface area contributed by atoms with Gasteiger partial charge in [-0.1, -0.05) is 12.1 Å². The Hall–Kier alpha value is -1.02. The van der Waals surface area contributed by atoms with E-state index in [1.54, 1.807) is 0 Å². The van der Waals surface area contributed by atoms with Gasteiger partial charge in [0, 0.05) is 6.42 Å². The molecule has 2 aliphatic heterocycles. The number of benzene rings is 1. The Kier molecular flexibility index (Phi) is 2.37. The van der Waals surface area contributed by atoms with E-state index in [9.17, 15) is 0 Å². The van der Waals surface area contributed by atoms with Crippen LogP contribution in [0.15, 0.2) is 18.2 Å². The van der Waals surface area contributed by atoms with Crippen LogP contribution in [0.3, 0.4) is 0 Å². The molecule has 0 unspecified atom stereocenters. The van der Waals surface area contributed by atoms with Gasteiger partial charge in [-0.05, 0) is 49.0 Å². The number of hydrogen-bond donors (Lipinski definition) is 1. The van der Waals surface area contributed by atoms with Crippen LogP contribution in [0.1, 0.15) is 29.9 Å². The lowest BCUT2D eigenvalue weighted by molar-refractivity contribution is 0.356.